The van der Waals surface area contributed by atoms with Crippen LogP contribution in [-0.4, -0.2) is 48.5 Å². The van der Waals surface area contributed by atoms with E-state index >= 15 is 0 Å². The zero-order valence-electron chi connectivity index (χ0n) is 12.8. The first-order chi connectivity index (χ1) is 10.2. The van der Waals surface area contributed by atoms with E-state index in [1.54, 1.807) is 0 Å². The zero-order valence-corrected chi connectivity index (χ0v) is 12.8. The number of amides is 1. The predicted octanol–water partition coefficient (Wildman–Crippen LogP) is 1.71. The summed E-state index contributed by atoms with van der Waals surface area (Å²) in [5, 5.41) is 19.7. The van der Waals surface area contributed by atoms with E-state index in [1.165, 1.54) is 6.42 Å². The molecule has 0 aliphatic rings. The fraction of sp³-hybridized carbons (Fsp3) is 0.867. The number of hydrogen-bond donors (Lipinski definition) is 3. The lowest BCUT2D eigenvalue weighted by Crippen LogP contribution is -2.28. The second-order valence-electron chi connectivity index (χ2n) is 5.10. The van der Waals surface area contributed by atoms with Crippen molar-refractivity contribution in [3.8, 4) is 0 Å². The maximum Gasteiger partial charge on any atom is 0.303 e. The largest absolute Gasteiger partial charge is 0.481 e. The Morgan fingerprint density at radius 1 is 0.905 bits per heavy atom. The van der Waals surface area contributed by atoms with Crippen molar-refractivity contribution in [2.75, 3.05) is 26.4 Å². The Morgan fingerprint density at radius 2 is 1.48 bits per heavy atom. The second kappa shape index (κ2) is 15.3. The number of carboxylic acids is 1. The first-order valence-corrected chi connectivity index (χ1v) is 7.84. The molecule has 0 aliphatic heterocycles. The van der Waals surface area contributed by atoms with Crippen LogP contribution in [0.15, 0.2) is 0 Å². The van der Waals surface area contributed by atoms with Crippen molar-refractivity contribution in [3.63, 3.8) is 0 Å². The predicted molar refractivity (Wildman–Crippen MR) is 80.1 cm³/mol. The summed E-state index contributed by atoms with van der Waals surface area (Å²) in [6, 6.07) is 0. The molecule has 3 N–H and O–H groups in total. The van der Waals surface area contributed by atoms with Gasteiger partial charge in [0.2, 0.25) is 5.91 Å². The van der Waals surface area contributed by atoms with E-state index in [0.717, 1.165) is 44.9 Å². The molecule has 0 bridgehead atoms. The van der Waals surface area contributed by atoms with E-state index < -0.39 is 5.97 Å². The summed E-state index contributed by atoms with van der Waals surface area (Å²) in [6.07, 6.45) is 8.68. The van der Waals surface area contributed by atoms with Crippen LogP contribution in [0.5, 0.6) is 0 Å². The molecule has 124 valence electrons. The number of unbranched alkanes of at least 4 members (excludes halogenated alkanes) is 7. The molecule has 1 amide bonds. The van der Waals surface area contributed by atoms with Crippen molar-refractivity contribution in [2.45, 2.75) is 57.8 Å². The van der Waals surface area contributed by atoms with Crippen LogP contribution in [0.1, 0.15) is 57.8 Å². The maximum absolute atomic E-state index is 11.2. The van der Waals surface area contributed by atoms with Gasteiger partial charge >= 0.3 is 5.97 Å². The van der Waals surface area contributed by atoms with Gasteiger partial charge in [-0.25, -0.2) is 0 Å². The van der Waals surface area contributed by atoms with E-state index in [-0.39, 0.29) is 32.1 Å². The summed E-state index contributed by atoms with van der Waals surface area (Å²) in [7, 11) is 0. The van der Waals surface area contributed by atoms with Crippen LogP contribution >= 0.6 is 0 Å². The lowest BCUT2D eigenvalue weighted by Gasteiger charge is -2.05. The number of aliphatic carboxylic acids is 1. The van der Waals surface area contributed by atoms with Crippen LogP contribution in [0.4, 0.5) is 0 Å². The fourth-order valence-corrected chi connectivity index (χ4v) is 1.97. The van der Waals surface area contributed by atoms with Gasteiger partial charge < -0.3 is 20.3 Å². The lowest BCUT2D eigenvalue weighted by molar-refractivity contribution is -0.137. The first-order valence-electron chi connectivity index (χ1n) is 7.84. The molecule has 0 atom stereocenters. The normalized spacial score (nSPS) is 10.5. The Hall–Kier alpha value is -1.14. The topological polar surface area (TPSA) is 95.9 Å². The highest BCUT2D eigenvalue weighted by Crippen LogP contribution is 2.09. The summed E-state index contributed by atoms with van der Waals surface area (Å²) >= 11 is 0. The molecular formula is C15H29NO5. The van der Waals surface area contributed by atoms with Crippen LogP contribution in [0.2, 0.25) is 0 Å². The van der Waals surface area contributed by atoms with Crippen molar-refractivity contribution >= 4 is 11.9 Å². The van der Waals surface area contributed by atoms with Crippen molar-refractivity contribution in [3.05, 3.63) is 0 Å². The molecule has 21 heavy (non-hydrogen) atoms. The number of aliphatic hydroxyl groups excluding tert-OH is 1. The first kappa shape index (κ1) is 19.9. The van der Waals surface area contributed by atoms with Gasteiger partial charge in [0.25, 0.3) is 0 Å². The van der Waals surface area contributed by atoms with Crippen molar-refractivity contribution in [1.29, 1.82) is 0 Å². The average molecular weight is 303 g/mol. The van der Waals surface area contributed by atoms with Gasteiger partial charge in [0.15, 0.2) is 0 Å². The van der Waals surface area contributed by atoms with Crippen molar-refractivity contribution < 1.29 is 24.5 Å². The molecule has 0 aromatic heterocycles. The summed E-state index contributed by atoms with van der Waals surface area (Å²) in [4.78, 5) is 21.5. The van der Waals surface area contributed by atoms with Gasteiger partial charge in [-0.05, 0) is 12.8 Å². The summed E-state index contributed by atoms with van der Waals surface area (Å²) in [5.41, 5.74) is 0. The number of carbonyl (C=O) groups is 2. The van der Waals surface area contributed by atoms with Gasteiger partial charge in [-0.3, -0.25) is 9.59 Å². The smallest absolute Gasteiger partial charge is 0.303 e. The minimum atomic E-state index is -0.709. The molecule has 0 aliphatic carbocycles. The van der Waals surface area contributed by atoms with E-state index in [4.69, 9.17) is 14.9 Å². The second-order valence-corrected chi connectivity index (χ2v) is 5.10. The van der Waals surface area contributed by atoms with E-state index in [0.29, 0.717) is 6.54 Å². The monoisotopic (exact) mass is 303 g/mol. The van der Waals surface area contributed by atoms with E-state index in [9.17, 15) is 9.59 Å². The standard InChI is InChI=1S/C15H29NO5/c17-11-12-21-13-14(18)16-10-8-6-4-2-1-3-5-7-9-15(19)20/h17H,1-13H2,(H,16,18)(H,19,20). The number of aliphatic hydroxyl groups is 1. The molecular weight excluding hydrogens is 274 g/mol. The molecule has 0 heterocycles. The minimum Gasteiger partial charge on any atom is -0.481 e. The average Bonchev–Trinajstić information content (AvgIpc) is 2.44. The van der Waals surface area contributed by atoms with Crippen LogP contribution in [0, 0.1) is 0 Å². The molecule has 6 nitrogen and oxygen atoms in total. The van der Waals surface area contributed by atoms with Crippen LogP contribution < -0.4 is 5.32 Å². The quantitative estimate of drug-likeness (QED) is 0.400. The van der Waals surface area contributed by atoms with Crippen molar-refractivity contribution in [1.82, 2.24) is 5.32 Å². The van der Waals surface area contributed by atoms with Crippen molar-refractivity contribution in [2.24, 2.45) is 0 Å². The summed E-state index contributed by atoms with van der Waals surface area (Å²) in [6.45, 7) is 0.806. The number of rotatable bonds is 15. The zero-order chi connectivity index (χ0) is 15.8. The maximum atomic E-state index is 11.2. The van der Waals surface area contributed by atoms with Crippen LogP contribution in [0.3, 0.4) is 0 Å². The third-order valence-electron chi connectivity index (χ3n) is 3.11. The van der Waals surface area contributed by atoms with Gasteiger partial charge in [-0.2, -0.15) is 0 Å². The Morgan fingerprint density at radius 3 is 2.05 bits per heavy atom. The Kier molecular flexibility index (Phi) is 14.4. The molecule has 0 aromatic rings. The molecule has 0 saturated carbocycles. The molecule has 0 aromatic carbocycles. The summed E-state index contributed by atoms with van der Waals surface area (Å²) in [5.74, 6) is -0.847. The molecule has 0 spiro atoms. The molecule has 0 saturated heterocycles. The lowest BCUT2D eigenvalue weighted by atomic mass is 10.1. The number of nitrogens with one attached hydrogen (secondary N) is 1. The van der Waals surface area contributed by atoms with E-state index in [1.807, 2.05) is 0 Å². The van der Waals surface area contributed by atoms with E-state index in [2.05, 4.69) is 5.32 Å². The van der Waals surface area contributed by atoms with Gasteiger partial charge in [-0.15, -0.1) is 0 Å². The Bertz CT molecular complexity index is 271. The third kappa shape index (κ3) is 16.8. The number of carboxylic acid groups (broad SMARTS) is 1. The highest BCUT2D eigenvalue weighted by molar-refractivity contribution is 5.77. The molecule has 0 unspecified atom stereocenters. The van der Waals surface area contributed by atoms with Gasteiger partial charge in [0.05, 0.1) is 13.2 Å². The van der Waals surface area contributed by atoms with Gasteiger partial charge in [0.1, 0.15) is 6.61 Å². The number of carbonyl (C=O) groups excluding carboxylic acids is 1. The highest BCUT2D eigenvalue weighted by Gasteiger charge is 2.00. The molecule has 6 heteroatoms. The molecule has 0 rings (SSSR count). The Labute approximate surface area is 126 Å². The number of hydrogen-bond acceptors (Lipinski definition) is 4. The fourth-order valence-electron chi connectivity index (χ4n) is 1.97. The highest BCUT2D eigenvalue weighted by atomic mass is 16.5. The number of ether oxygens (including phenoxy) is 1. The van der Waals surface area contributed by atoms with Crippen LogP contribution in [-0.2, 0) is 14.3 Å². The SMILES string of the molecule is O=C(O)CCCCCCCCCCNC(=O)COCCO. The Balaban J connectivity index is 3.11. The molecule has 0 fully saturated rings. The van der Waals surface area contributed by atoms with Crippen LogP contribution in [0.25, 0.3) is 0 Å². The van der Waals surface area contributed by atoms with Gasteiger partial charge in [0, 0.05) is 13.0 Å². The summed E-state index contributed by atoms with van der Waals surface area (Å²) < 4.78 is 4.90. The molecule has 0 radical (unpaired) electrons. The van der Waals surface area contributed by atoms with Gasteiger partial charge in [-0.1, -0.05) is 38.5 Å². The third-order valence-corrected chi connectivity index (χ3v) is 3.11. The minimum absolute atomic E-state index is 0.0108.